The lowest BCUT2D eigenvalue weighted by Crippen LogP contribution is -2.44. The number of thioether (sulfide) groups is 1. The Morgan fingerprint density at radius 1 is 1.43 bits per heavy atom. The molecular formula is C15H20FNO3S. The molecule has 0 radical (unpaired) electrons. The van der Waals surface area contributed by atoms with E-state index in [0.29, 0.717) is 12.4 Å². The molecule has 0 aliphatic carbocycles. The molecule has 0 saturated carbocycles. The van der Waals surface area contributed by atoms with Gasteiger partial charge < -0.3 is 9.84 Å². The molecule has 0 aromatic heterocycles. The lowest BCUT2D eigenvalue weighted by molar-refractivity contribution is -0.138. The first kappa shape index (κ1) is 16.1. The molecule has 1 aliphatic heterocycles. The van der Waals surface area contributed by atoms with Crippen LogP contribution in [0.5, 0.6) is 5.75 Å². The van der Waals surface area contributed by atoms with Gasteiger partial charge in [-0.05, 0) is 30.7 Å². The van der Waals surface area contributed by atoms with Gasteiger partial charge in [-0.3, -0.25) is 9.69 Å². The summed E-state index contributed by atoms with van der Waals surface area (Å²) >= 11 is 1.81. The predicted molar refractivity (Wildman–Crippen MR) is 81.5 cm³/mol. The maximum Gasteiger partial charge on any atom is 0.304 e. The van der Waals surface area contributed by atoms with Gasteiger partial charge in [0.05, 0.1) is 13.0 Å². The van der Waals surface area contributed by atoms with Gasteiger partial charge in [0.25, 0.3) is 0 Å². The number of hydrogen-bond donors (Lipinski definition) is 1. The normalized spacial score (nSPS) is 19.4. The Hall–Kier alpha value is -1.27. The number of aliphatic carboxylic acids is 1. The number of carbonyl (C=O) groups is 1. The Bertz CT molecular complexity index is 455. The van der Waals surface area contributed by atoms with E-state index in [4.69, 9.17) is 9.84 Å². The predicted octanol–water partition coefficient (Wildman–Crippen LogP) is 2.49. The molecule has 1 saturated heterocycles. The summed E-state index contributed by atoms with van der Waals surface area (Å²) in [5.74, 6) is 1.58. The molecule has 1 fully saturated rings. The molecule has 0 bridgehead atoms. The minimum atomic E-state index is -0.741. The zero-order valence-corrected chi connectivity index (χ0v) is 12.7. The molecule has 1 aromatic rings. The van der Waals surface area contributed by atoms with Crippen LogP contribution in [0, 0.1) is 5.82 Å². The van der Waals surface area contributed by atoms with Crippen molar-refractivity contribution in [2.75, 3.05) is 31.2 Å². The zero-order chi connectivity index (χ0) is 15.1. The summed E-state index contributed by atoms with van der Waals surface area (Å²) in [4.78, 5) is 13.1. The Kier molecular flexibility index (Phi) is 6.32. The molecule has 0 amide bonds. The summed E-state index contributed by atoms with van der Waals surface area (Å²) in [6.45, 7) is 2.31. The summed E-state index contributed by atoms with van der Waals surface area (Å²) in [5.41, 5.74) is 0. The molecular weight excluding hydrogens is 293 g/mol. The van der Waals surface area contributed by atoms with Gasteiger partial charge in [0.2, 0.25) is 0 Å². The van der Waals surface area contributed by atoms with Crippen LogP contribution in [0.3, 0.4) is 0 Å². The van der Waals surface area contributed by atoms with E-state index in [9.17, 15) is 9.18 Å². The van der Waals surface area contributed by atoms with E-state index in [0.717, 1.165) is 31.0 Å². The fourth-order valence-electron chi connectivity index (χ4n) is 2.36. The quantitative estimate of drug-likeness (QED) is 0.784. The van der Waals surface area contributed by atoms with Crippen LogP contribution in [0.2, 0.25) is 0 Å². The van der Waals surface area contributed by atoms with Gasteiger partial charge in [0.15, 0.2) is 0 Å². The molecule has 1 unspecified atom stereocenters. The lowest BCUT2D eigenvalue weighted by atomic mass is 10.2. The molecule has 6 heteroatoms. The smallest absolute Gasteiger partial charge is 0.304 e. The first-order valence-corrected chi connectivity index (χ1v) is 8.22. The Morgan fingerprint density at radius 3 is 2.90 bits per heavy atom. The Balaban J connectivity index is 1.71. The highest BCUT2D eigenvalue weighted by atomic mass is 32.2. The Labute approximate surface area is 128 Å². The van der Waals surface area contributed by atoms with E-state index in [1.54, 1.807) is 12.1 Å². The van der Waals surface area contributed by atoms with Gasteiger partial charge in [-0.1, -0.05) is 0 Å². The molecule has 1 atom stereocenters. The molecule has 21 heavy (non-hydrogen) atoms. The molecule has 1 aromatic carbocycles. The maximum absolute atomic E-state index is 12.8. The summed E-state index contributed by atoms with van der Waals surface area (Å²) in [6.07, 6.45) is 1.03. The van der Waals surface area contributed by atoms with E-state index < -0.39 is 5.97 Å². The second kappa shape index (κ2) is 8.24. The van der Waals surface area contributed by atoms with Crippen molar-refractivity contribution >= 4 is 17.7 Å². The molecule has 2 rings (SSSR count). The average molecular weight is 313 g/mol. The third kappa shape index (κ3) is 5.55. The molecule has 4 nitrogen and oxygen atoms in total. The van der Waals surface area contributed by atoms with Gasteiger partial charge in [-0.15, -0.1) is 0 Å². The number of hydrogen-bond acceptors (Lipinski definition) is 4. The van der Waals surface area contributed by atoms with Gasteiger partial charge >= 0.3 is 5.97 Å². The van der Waals surface area contributed by atoms with Crippen LogP contribution in [0.1, 0.15) is 12.8 Å². The van der Waals surface area contributed by atoms with Crippen LogP contribution in [-0.2, 0) is 4.79 Å². The number of carboxylic acid groups (broad SMARTS) is 1. The first-order chi connectivity index (χ1) is 10.1. The lowest BCUT2D eigenvalue weighted by Gasteiger charge is -2.34. The topological polar surface area (TPSA) is 49.8 Å². The number of nitrogens with zero attached hydrogens (tertiary/aromatic N) is 1. The van der Waals surface area contributed by atoms with E-state index >= 15 is 0 Å². The van der Waals surface area contributed by atoms with Crippen molar-refractivity contribution in [3.05, 3.63) is 30.1 Å². The number of benzene rings is 1. The Morgan fingerprint density at radius 2 is 2.19 bits per heavy atom. The third-order valence-electron chi connectivity index (χ3n) is 3.43. The SMILES string of the molecule is O=C(O)CC1CSCCN1CCCOc1ccc(F)cc1. The molecule has 1 aliphatic rings. The van der Waals surface area contributed by atoms with E-state index in [1.807, 2.05) is 11.8 Å². The van der Waals surface area contributed by atoms with Crippen molar-refractivity contribution in [2.24, 2.45) is 0 Å². The fourth-order valence-corrected chi connectivity index (χ4v) is 3.49. The van der Waals surface area contributed by atoms with Crippen LogP contribution in [0.25, 0.3) is 0 Å². The van der Waals surface area contributed by atoms with Crippen LogP contribution >= 0.6 is 11.8 Å². The number of rotatable bonds is 7. The van der Waals surface area contributed by atoms with E-state index in [1.165, 1.54) is 12.1 Å². The largest absolute Gasteiger partial charge is 0.494 e. The van der Waals surface area contributed by atoms with Crippen LogP contribution < -0.4 is 4.74 Å². The van der Waals surface area contributed by atoms with Gasteiger partial charge in [-0.2, -0.15) is 11.8 Å². The summed E-state index contributed by atoms with van der Waals surface area (Å²) < 4.78 is 18.3. The first-order valence-electron chi connectivity index (χ1n) is 7.07. The van der Waals surface area contributed by atoms with Gasteiger partial charge in [0, 0.05) is 30.6 Å². The van der Waals surface area contributed by atoms with Crippen LogP contribution in [-0.4, -0.2) is 53.2 Å². The highest BCUT2D eigenvalue weighted by Gasteiger charge is 2.24. The summed E-state index contributed by atoms with van der Waals surface area (Å²) in [5, 5.41) is 8.93. The van der Waals surface area contributed by atoms with Gasteiger partial charge in [-0.25, -0.2) is 4.39 Å². The van der Waals surface area contributed by atoms with Crippen molar-refractivity contribution in [3.8, 4) is 5.75 Å². The number of halogens is 1. The fraction of sp³-hybridized carbons (Fsp3) is 0.533. The second-order valence-corrected chi connectivity index (χ2v) is 6.17. The van der Waals surface area contributed by atoms with Crippen molar-refractivity contribution in [1.29, 1.82) is 0 Å². The second-order valence-electron chi connectivity index (χ2n) is 5.02. The van der Waals surface area contributed by atoms with Crippen LogP contribution in [0.15, 0.2) is 24.3 Å². The minimum Gasteiger partial charge on any atom is -0.494 e. The van der Waals surface area contributed by atoms with Crippen molar-refractivity contribution in [2.45, 2.75) is 18.9 Å². The van der Waals surface area contributed by atoms with Gasteiger partial charge in [0.1, 0.15) is 11.6 Å². The molecule has 1 heterocycles. The summed E-state index contributed by atoms with van der Waals surface area (Å²) in [7, 11) is 0. The standard InChI is InChI=1S/C15H20FNO3S/c16-12-2-4-14(5-3-12)20-8-1-6-17-7-9-21-11-13(17)10-15(18)19/h2-5,13H,1,6-11H2,(H,18,19). The highest BCUT2D eigenvalue weighted by molar-refractivity contribution is 7.99. The number of ether oxygens (including phenoxy) is 1. The summed E-state index contributed by atoms with van der Waals surface area (Å²) in [6, 6.07) is 6.09. The molecule has 1 N–H and O–H groups in total. The average Bonchev–Trinajstić information content (AvgIpc) is 2.46. The molecule has 0 spiro atoms. The van der Waals surface area contributed by atoms with Crippen molar-refractivity contribution < 1.29 is 19.0 Å². The highest BCUT2D eigenvalue weighted by Crippen LogP contribution is 2.19. The minimum absolute atomic E-state index is 0.118. The van der Waals surface area contributed by atoms with Crippen molar-refractivity contribution in [3.63, 3.8) is 0 Å². The van der Waals surface area contributed by atoms with E-state index in [2.05, 4.69) is 4.90 Å². The monoisotopic (exact) mass is 313 g/mol. The van der Waals surface area contributed by atoms with Crippen LogP contribution in [0.4, 0.5) is 4.39 Å². The maximum atomic E-state index is 12.8. The zero-order valence-electron chi connectivity index (χ0n) is 11.8. The van der Waals surface area contributed by atoms with Crippen molar-refractivity contribution in [1.82, 2.24) is 4.90 Å². The number of carboxylic acids is 1. The third-order valence-corrected chi connectivity index (χ3v) is 4.52. The molecule has 116 valence electrons. The van der Waals surface area contributed by atoms with E-state index in [-0.39, 0.29) is 18.3 Å².